The fourth-order valence-corrected chi connectivity index (χ4v) is 2.58. The Balaban J connectivity index is 2.29. The van der Waals surface area contributed by atoms with Crippen molar-refractivity contribution >= 4 is 11.8 Å². The van der Waals surface area contributed by atoms with E-state index in [1.807, 2.05) is 25.7 Å². The molecule has 96 valence electrons. The Bertz CT molecular complexity index is 378. The molecule has 4 nitrogen and oxygen atoms in total. The molecule has 4 heteroatoms. The van der Waals surface area contributed by atoms with Crippen molar-refractivity contribution in [1.29, 1.82) is 0 Å². The van der Waals surface area contributed by atoms with E-state index in [1.54, 1.807) is 0 Å². The second kappa shape index (κ2) is 3.47. The molecule has 17 heavy (non-hydrogen) atoms. The molecule has 2 amide bonds. The average molecular weight is 238 g/mol. The standard InChI is InChI=1S/C13H22N2O2/c1-6-13(5)11(17)15(8(2)10(16)14-13)9-7-12(9,3)4/h8-9H,6-7H2,1-5H3,(H,14,16). The van der Waals surface area contributed by atoms with Crippen molar-refractivity contribution < 1.29 is 9.59 Å². The molecule has 2 aliphatic rings. The van der Waals surface area contributed by atoms with Crippen LogP contribution in [0.15, 0.2) is 0 Å². The van der Waals surface area contributed by atoms with Gasteiger partial charge in [-0.15, -0.1) is 0 Å². The Morgan fingerprint density at radius 1 is 1.35 bits per heavy atom. The zero-order chi connectivity index (χ0) is 13.0. The van der Waals surface area contributed by atoms with Crippen molar-refractivity contribution in [2.75, 3.05) is 0 Å². The monoisotopic (exact) mass is 238 g/mol. The molecular formula is C13H22N2O2. The third-order valence-corrected chi connectivity index (χ3v) is 4.41. The average Bonchev–Trinajstić information content (AvgIpc) is 2.85. The van der Waals surface area contributed by atoms with Crippen molar-refractivity contribution in [2.24, 2.45) is 5.41 Å². The molecule has 1 saturated carbocycles. The van der Waals surface area contributed by atoms with Gasteiger partial charge in [0.1, 0.15) is 11.6 Å². The van der Waals surface area contributed by atoms with Crippen LogP contribution in [-0.4, -0.2) is 34.3 Å². The van der Waals surface area contributed by atoms with Crippen LogP contribution in [0.4, 0.5) is 0 Å². The van der Waals surface area contributed by atoms with Gasteiger partial charge in [0.15, 0.2) is 0 Å². The van der Waals surface area contributed by atoms with Gasteiger partial charge in [0.05, 0.1) is 0 Å². The quantitative estimate of drug-likeness (QED) is 0.788. The summed E-state index contributed by atoms with van der Waals surface area (Å²) < 4.78 is 0. The highest BCUT2D eigenvalue weighted by atomic mass is 16.2. The van der Waals surface area contributed by atoms with E-state index in [2.05, 4.69) is 19.2 Å². The van der Waals surface area contributed by atoms with Crippen LogP contribution < -0.4 is 5.32 Å². The van der Waals surface area contributed by atoms with Crippen LogP contribution in [0.3, 0.4) is 0 Å². The van der Waals surface area contributed by atoms with Gasteiger partial charge in [-0.05, 0) is 32.1 Å². The van der Waals surface area contributed by atoms with Crippen LogP contribution in [-0.2, 0) is 9.59 Å². The SMILES string of the molecule is CCC1(C)NC(=O)C(C)N(C2CC2(C)C)C1=O. The Morgan fingerprint density at radius 2 is 1.88 bits per heavy atom. The van der Waals surface area contributed by atoms with Gasteiger partial charge in [0, 0.05) is 6.04 Å². The molecule has 1 saturated heterocycles. The summed E-state index contributed by atoms with van der Waals surface area (Å²) in [7, 11) is 0. The minimum atomic E-state index is -0.720. The van der Waals surface area contributed by atoms with Crippen LogP contribution in [0.2, 0.25) is 0 Å². The molecule has 1 aliphatic carbocycles. The second-order valence-corrected chi connectivity index (χ2v) is 6.27. The summed E-state index contributed by atoms with van der Waals surface area (Å²) in [5, 5.41) is 2.85. The Morgan fingerprint density at radius 3 is 2.29 bits per heavy atom. The first-order valence-electron chi connectivity index (χ1n) is 6.38. The lowest BCUT2D eigenvalue weighted by Crippen LogP contribution is -2.69. The molecular weight excluding hydrogens is 216 g/mol. The predicted octanol–water partition coefficient (Wildman–Crippen LogP) is 1.30. The maximum atomic E-state index is 12.5. The fourth-order valence-electron chi connectivity index (χ4n) is 2.58. The van der Waals surface area contributed by atoms with E-state index in [0.717, 1.165) is 6.42 Å². The number of carbonyl (C=O) groups is 2. The molecule has 1 N–H and O–H groups in total. The third-order valence-electron chi connectivity index (χ3n) is 4.41. The van der Waals surface area contributed by atoms with E-state index < -0.39 is 5.54 Å². The summed E-state index contributed by atoms with van der Waals surface area (Å²) in [5.74, 6) is 0.0410. The highest BCUT2D eigenvalue weighted by Crippen LogP contribution is 2.50. The van der Waals surface area contributed by atoms with Crippen LogP contribution in [0.1, 0.15) is 47.5 Å². The smallest absolute Gasteiger partial charge is 0.248 e. The first kappa shape index (κ1) is 12.4. The zero-order valence-electron chi connectivity index (χ0n) is 11.3. The minimum Gasteiger partial charge on any atom is -0.340 e. The zero-order valence-corrected chi connectivity index (χ0v) is 11.3. The van der Waals surface area contributed by atoms with E-state index in [-0.39, 0.29) is 29.3 Å². The number of amides is 2. The van der Waals surface area contributed by atoms with Gasteiger partial charge in [-0.2, -0.15) is 0 Å². The molecule has 1 heterocycles. The number of hydrogen-bond donors (Lipinski definition) is 1. The molecule has 0 bridgehead atoms. The van der Waals surface area contributed by atoms with E-state index in [0.29, 0.717) is 6.42 Å². The molecule has 2 rings (SSSR count). The topological polar surface area (TPSA) is 49.4 Å². The molecule has 0 aromatic carbocycles. The van der Waals surface area contributed by atoms with Crippen LogP contribution in [0, 0.1) is 5.41 Å². The van der Waals surface area contributed by atoms with Crippen molar-refractivity contribution in [3.05, 3.63) is 0 Å². The molecule has 1 aliphatic heterocycles. The maximum absolute atomic E-state index is 12.5. The van der Waals surface area contributed by atoms with Crippen molar-refractivity contribution in [2.45, 2.75) is 65.1 Å². The third kappa shape index (κ3) is 1.74. The summed E-state index contributed by atoms with van der Waals surface area (Å²) in [4.78, 5) is 26.3. The largest absolute Gasteiger partial charge is 0.340 e. The fraction of sp³-hybridized carbons (Fsp3) is 0.846. The molecule has 3 unspecified atom stereocenters. The van der Waals surface area contributed by atoms with Gasteiger partial charge in [-0.25, -0.2) is 0 Å². The predicted molar refractivity (Wildman–Crippen MR) is 65.3 cm³/mol. The molecule has 2 fully saturated rings. The first-order valence-corrected chi connectivity index (χ1v) is 6.38. The second-order valence-electron chi connectivity index (χ2n) is 6.27. The number of hydrogen-bond acceptors (Lipinski definition) is 2. The van der Waals surface area contributed by atoms with E-state index in [4.69, 9.17) is 0 Å². The molecule has 0 spiro atoms. The van der Waals surface area contributed by atoms with Gasteiger partial charge in [-0.1, -0.05) is 20.8 Å². The van der Waals surface area contributed by atoms with Gasteiger partial charge in [-0.3, -0.25) is 9.59 Å². The van der Waals surface area contributed by atoms with E-state index in [9.17, 15) is 9.59 Å². The Kier molecular flexibility index (Phi) is 2.53. The van der Waals surface area contributed by atoms with Crippen molar-refractivity contribution in [3.63, 3.8) is 0 Å². The van der Waals surface area contributed by atoms with Crippen LogP contribution in [0.5, 0.6) is 0 Å². The van der Waals surface area contributed by atoms with Crippen LogP contribution >= 0.6 is 0 Å². The number of rotatable bonds is 2. The first-order chi connectivity index (χ1) is 7.73. The van der Waals surface area contributed by atoms with Gasteiger partial charge >= 0.3 is 0 Å². The van der Waals surface area contributed by atoms with Gasteiger partial charge in [0.25, 0.3) is 0 Å². The highest BCUT2D eigenvalue weighted by Gasteiger charge is 2.57. The highest BCUT2D eigenvalue weighted by molar-refractivity contribution is 5.99. The lowest BCUT2D eigenvalue weighted by Gasteiger charge is -2.43. The molecule has 0 aromatic heterocycles. The van der Waals surface area contributed by atoms with Crippen molar-refractivity contribution in [3.8, 4) is 0 Å². The number of carbonyl (C=O) groups excluding carboxylic acids is 2. The summed E-state index contributed by atoms with van der Waals surface area (Å²) in [5.41, 5.74) is -0.557. The molecule has 0 radical (unpaired) electrons. The number of piperazine rings is 1. The maximum Gasteiger partial charge on any atom is 0.248 e. The number of nitrogens with zero attached hydrogens (tertiary/aromatic N) is 1. The summed E-state index contributed by atoms with van der Waals surface area (Å²) in [6.07, 6.45) is 1.63. The summed E-state index contributed by atoms with van der Waals surface area (Å²) >= 11 is 0. The summed E-state index contributed by atoms with van der Waals surface area (Å²) in [6.45, 7) is 9.86. The van der Waals surface area contributed by atoms with E-state index in [1.165, 1.54) is 0 Å². The van der Waals surface area contributed by atoms with Gasteiger partial charge in [0.2, 0.25) is 11.8 Å². The summed E-state index contributed by atoms with van der Waals surface area (Å²) in [6, 6.07) is -0.115. The normalized spacial score (nSPS) is 40.2. The Hall–Kier alpha value is -1.06. The molecule has 3 atom stereocenters. The lowest BCUT2D eigenvalue weighted by molar-refractivity contribution is -0.155. The minimum absolute atomic E-state index is 0.0309. The van der Waals surface area contributed by atoms with Crippen LogP contribution in [0.25, 0.3) is 0 Å². The molecule has 0 aromatic rings. The Labute approximate surface area is 103 Å². The van der Waals surface area contributed by atoms with E-state index >= 15 is 0 Å². The van der Waals surface area contributed by atoms with Crippen molar-refractivity contribution in [1.82, 2.24) is 10.2 Å². The van der Waals surface area contributed by atoms with Gasteiger partial charge < -0.3 is 10.2 Å². The lowest BCUT2D eigenvalue weighted by atomic mass is 9.91. The number of nitrogens with one attached hydrogen (secondary N) is 1.